The van der Waals surface area contributed by atoms with Crippen molar-refractivity contribution in [3.8, 4) is 0 Å². The molecule has 0 aromatic heterocycles. The van der Waals surface area contributed by atoms with Crippen molar-refractivity contribution in [2.45, 2.75) is 6.18 Å². The normalized spacial score (nSPS) is 11.4. The Balaban J connectivity index is 3.20. The zero-order chi connectivity index (χ0) is 13.9. The molecule has 1 aromatic carbocycles. The molecule has 0 spiro atoms. The van der Waals surface area contributed by atoms with Crippen LogP contribution in [-0.2, 0) is 6.18 Å². The number of alkyl halides is 3. The minimum atomic E-state index is -4.57. The van der Waals surface area contributed by atoms with Gasteiger partial charge < -0.3 is 10.6 Å². The van der Waals surface area contributed by atoms with E-state index in [4.69, 9.17) is 5.73 Å². The summed E-state index contributed by atoms with van der Waals surface area (Å²) in [4.78, 5) is 13.0. The highest BCUT2D eigenvalue weighted by Crippen LogP contribution is 2.34. The molecule has 100 valence electrons. The van der Waals surface area contributed by atoms with Gasteiger partial charge >= 0.3 is 6.18 Å². The van der Waals surface area contributed by atoms with Gasteiger partial charge in [0.2, 0.25) is 0 Å². The van der Waals surface area contributed by atoms with Gasteiger partial charge in [0.25, 0.3) is 5.91 Å². The van der Waals surface area contributed by atoms with Crippen LogP contribution in [0.15, 0.2) is 22.7 Å². The summed E-state index contributed by atoms with van der Waals surface area (Å²) < 4.78 is 38.7. The molecule has 18 heavy (non-hydrogen) atoms. The van der Waals surface area contributed by atoms with Gasteiger partial charge in [-0.25, -0.2) is 0 Å². The smallest absolute Gasteiger partial charge is 0.340 e. The predicted molar refractivity (Wildman–Crippen MR) is 65.2 cm³/mol. The van der Waals surface area contributed by atoms with E-state index < -0.39 is 17.6 Å². The van der Waals surface area contributed by atoms with Crippen molar-refractivity contribution in [1.29, 1.82) is 0 Å². The molecule has 0 aliphatic rings. The molecule has 0 saturated heterocycles. The fourth-order valence-corrected chi connectivity index (χ4v) is 1.80. The van der Waals surface area contributed by atoms with Crippen LogP contribution < -0.4 is 5.73 Å². The molecular formula is C11H12BrF3N2O. The summed E-state index contributed by atoms with van der Waals surface area (Å²) in [6.45, 7) is 0.395. The standard InChI is InChI=1S/C11H12BrF3N2O/c1-17(5-4-16)10(18)8-3-2-7(12)6-9(8)11(13,14)15/h2-3,6H,4-5,16H2,1H3. The van der Waals surface area contributed by atoms with Gasteiger partial charge in [0, 0.05) is 24.6 Å². The van der Waals surface area contributed by atoms with Gasteiger partial charge in [0.15, 0.2) is 0 Å². The summed E-state index contributed by atoms with van der Waals surface area (Å²) in [5, 5.41) is 0. The van der Waals surface area contributed by atoms with Crippen LogP contribution in [0.1, 0.15) is 15.9 Å². The number of nitrogens with two attached hydrogens (primary N) is 1. The Hall–Kier alpha value is -1.08. The fraction of sp³-hybridized carbons (Fsp3) is 0.364. The van der Waals surface area contributed by atoms with E-state index in [9.17, 15) is 18.0 Å². The van der Waals surface area contributed by atoms with Crippen LogP contribution in [0, 0.1) is 0 Å². The van der Waals surface area contributed by atoms with Crippen LogP contribution in [0.25, 0.3) is 0 Å². The third kappa shape index (κ3) is 3.46. The van der Waals surface area contributed by atoms with E-state index in [2.05, 4.69) is 15.9 Å². The Morgan fingerprint density at radius 2 is 2.06 bits per heavy atom. The molecule has 0 aliphatic carbocycles. The lowest BCUT2D eigenvalue weighted by Crippen LogP contribution is -2.33. The molecule has 0 radical (unpaired) electrons. The molecule has 0 heterocycles. The number of carbonyl (C=O) groups excluding carboxylic acids is 1. The molecule has 0 saturated carbocycles. The van der Waals surface area contributed by atoms with Gasteiger partial charge in [-0.15, -0.1) is 0 Å². The first-order valence-corrected chi connectivity index (χ1v) is 5.89. The Bertz CT molecular complexity index is 448. The highest BCUT2D eigenvalue weighted by atomic mass is 79.9. The van der Waals surface area contributed by atoms with Crippen molar-refractivity contribution in [2.24, 2.45) is 5.73 Å². The number of nitrogens with zero attached hydrogens (tertiary/aromatic N) is 1. The lowest BCUT2D eigenvalue weighted by Gasteiger charge is -2.19. The number of carbonyl (C=O) groups is 1. The van der Waals surface area contributed by atoms with Crippen molar-refractivity contribution < 1.29 is 18.0 Å². The third-order valence-electron chi connectivity index (χ3n) is 2.33. The zero-order valence-corrected chi connectivity index (χ0v) is 11.2. The minimum absolute atomic E-state index is 0.195. The molecule has 1 aromatic rings. The molecule has 2 N–H and O–H groups in total. The van der Waals surface area contributed by atoms with Crippen LogP contribution in [-0.4, -0.2) is 30.9 Å². The van der Waals surface area contributed by atoms with Crippen molar-refractivity contribution in [2.75, 3.05) is 20.1 Å². The molecule has 0 fully saturated rings. The van der Waals surface area contributed by atoms with E-state index in [1.54, 1.807) is 0 Å². The first kappa shape index (κ1) is 15.0. The van der Waals surface area contributed by atoms with E-state index in [1.165, 1.54) is 18.0 Å². The van der Waals surface area contributed by atoms with Gasteiger partial charge in [-0.2, -0.15) is 13.2 Å². The summed E-state index contributed by atoms with van der Waals surface area (Å²) in [5.41, 5.74) is 3.94. The summed E-state index contributed by atoms with van der Waals surface area (Å²) in [6.07, 6.45) is -4.57. The van der Waals surface area contributed by atoms with E-state index in [1.807, 2.05) is 0 Å². The predicted octanol–water partition coefficient (Wildman–Crippen LogP) is 2.50. The monoisotopic (exact) mass is 324 g/mol. The summed E-state index contributed by atoms with van der Waals surface area (Å²) in [7, 11) is 1.41. The molecular weight excluding hydrogens is 313 g/mol. The van der Waals surface area contributed by atoms with Gasteiger partial charge in [0.1, 0.15) is 0 Å². The Kier molecular flexibility index (Phi) is 4.75. The molecule has 1 rings (SSSR count). The molecule has 0 bridgehead atoms. The maximum Gasteiger partial charge on any atom is 0.417 e. The summed E-state index contributed by atoms with van der Waals surface area (Å²) in [6, 6.07) is 3.45. The van der Waals surface area contributed by atoms with Crippen LogP contribution >= 0.6 is 15.9 Å². The summed E-state index contributed by atoms with van der Waals surface area (Å²) in [5.74, 6) is -0.694. The third-order valence-corrected chi connectivity index (χ3v) is 2.82. The number of hydrogen-bond donors (Lipinski definition) is 1. The van der Waals surface area contributed by atoms with Crippen molar-refractivity contribution in [3.63, 3.8) is 0 Å². The number of benzene rings is 1. The van der Waals surface area contributed by atoms with Crippen molar-refractivity contribution >= 4 is 21.8 Å². The second kappa shape index (κ2) is 5.71. The van der Waals surface area contributed by atoms with Crippen LogP contribution in [0.5, 0.6) is 0 Å². The topological polar surface area (TPSA) is 46.3 Å². The fourth-order valence-electron chi connectivity index (χ4n) is 1.44. The Morgan fingerprint density at radius 1 is 1.44 bits per heavy atom. The maximum absolute atomic E-state index is 12.8. The molecule has 7 heteroatoms. The highest BCUT2D eigenvalue weighted by molar-refractivity contribution is 9.10. The van der Waals surface area contributed by atoms with Crippen molar-refractivity contribution in [3.05, 3.63) is 33.8 Å². The van der Waals surface area contributed by atoms with Gasteiger partial charge in [-0.3, -0.25) is 4.79 Å². The second-order valence-corrected chi connectivity index (χ2v) is 4.62. The first-order valence-electron chi connectivity index (χ1n) is 5.09. The van der Waals surface area contributed by atoms with E-state index in [0.717, 1.165) is 12.1 Å². The lowest BCUT2D eigenvalue weighted by molar-refractivity contribution is -0.138. The zero-order valence-electron chi connectivity index (χ0n) is 9.59. The number of hydrogen-bond acceptors (Lipinski definition) is 2. The van der Waals surface area contributed by atoms with E-state index in [0.29, 0.717) is 0 Å². The average molecular weight is 325 g/mol. The molecule has 0 aliphatic heterocycles. The largest absolute Gasteiger partial charge is 0.417 e. The SMILES string of the molecule is CN(CCN)C(=O)c1ccc(Br)cc1C(F)(F)F. The molecule has 0 unspecified atom stereocenters. The maximum atomic E-state index is 12.8. The molecule has 0 atom stereocenters. The van der Waals surface area contributed by atoms with Gasteiger partial charge in [-0.1, -0.05) is 15.9 Å². The van der Waals surface area contributed by atoms with Crippen LogP contribution in [0.4, 0.5) is 13.2 Å². The highest BCUT2D eigenvalue weighted by Gasteiger charge is 2.35. The van der Waals surface area contributed by atoms with E-state index in [-0.39, 0.29) is 23.1 Å². The van der Waals surface area contributed by atoms with Crippen LogP contribution in [0.2, 0.25) is 0 Å². The molecule has 1 amide bonds. The second-order valence-electron chi connectivity index (χ2n) is 3.70. The number of likely N-dealkylation sites (N-methyl/N-ethyl adjacent to an activating group) is 1. The first-order chi connectivity index (χ1) is 8.27. The number of halogens is 4. The number of amides is 1. The Labute approximate surface area is 111 Å². The summed E-state index contributed by atoms with van der Waals surface area (Å²) >= 11 is 2.96. The van der Waals surface area contributed by atoms with Gasteiger partial charge in [-0.05, 0) is 18.2 Å². The lowest BCUT2D eigenvalue weighted by atomic mass is 10.1. The van der Waals surface area contributed by atoms with E-state index >= 15 is 0 Å². The Morgan fingerprint density at radius 3 is 2.56 bits per heavy atom. The molecule has 3 nitrogen and oxygen atoms in total. The van der Waals surface area contributed by atoms with Crippen molar-refractivity contribution in [1.82, 2.24) is 4.90 Å². The minimum Gasteiger partial charge on any atom is -0.340 e. The average Bonchev–Trinajstić information content (AvgIpc) is 2.27. The number of rotatable bonds is 3. The van der Waals surface area contributed by atoms with Crippen LogP contribution in [0.3, 0.4) is 0 Å². The quantitative estimate of drug-likeness (QED) is 0.928. The van der Waals surface area contributed by atoms with Gasteiger partial charge in [0.05, 0.1) is 11.1 Å².